The first-order valence-electron chi connectivity index (χ1n) is 9.12. The lowest BCUT2D eigenvalue weighted by atomic mass is 10.2. The van der Waals surface area contributed by atoms with E-state index in [1.807, 2.05) is 19.1 Å². The Morgan fingerprint density at radius 1 is 1.04 bits per heavy atom. The van der Waals surface area contributed by atoms with Gasteiger partial charge >= 0.3 is 0 Å². The van der Waals surface area contributed by atoms with Crippen molar-refractivity contribution in [1.29, 1.82) is 0 Å². The van der Waals surface area contributed by atoms with E-state index in [0.717, 1.165) is 18.7 Å². The largest absolute Gasteiger partial charge is 0.334 e. The molecule has 0 saturated carbocycles. The van der Waals surface area contributed by atoms with Crippen LogP contribution in [0, 0.1) is 6.92 Å². The van der Waals surface area contributed by atoms with Crippen molar-refractivity contribution >= 4 is 21.6 Å². The van der Waals surface area contributed by atoms with Gasteiger partial charge in [-0.3, -0.25) is 9.10 Å². The Bertz CT molecular complexity index is 892. The van der Waals surface area contributed by atoms with E-state index in [0.29, 0.717) is 18.8 Å². The number of quaternary nitrogens is 1. The second-order valence-electron chi connectivity index (χ2n) is 6.95. The normalized spacial score (nSPS) is 15.6. The molecule has 6 nitrogen and oxygen atoms in total. The minimum Gasteiger partial charge on any atom is -0.334 e. The number of carbonyl (C=O) groups excluding carboxylic acids is 1. The molecule has 0 radical (unpaired) electrons. The topological polar surface area (TPSA) is 62.1 Å². The number of rotatable bonds is 5. The number of para-hydroxylation sites is 1. The number of likely N-dealkylation sites (N-methyl/N-ethyl adjacent to an activating group) is 1. The minimum absolute atomic E-state index is 0.162. The van der Waals surface area contributed by atoms with Gasteiger partial charge in [-0.1, -0.05) is 36.4 Å². The first-order chi connectivity index (χ1) is 12.9. The summed E-state index contributed by atoms with van der Waals surface area (Å²) in [4.78, 5) is 16.2. The van der Waals surface area contributed by atoms with Gasteiger partial charge in [-0.25, -0.2) is 8.42 Å². The predicted molar refractivity (Wildman–Crippen MR) is 105 cm³/mol. The Hall–Kier alpha value is -2.38. The molecule has 1 fully saturated rings. The summed E-state index contributed by atoms with van der Waals surface area (Å²) < 4.78 is 27.9. The van der Waals surface area contributed by atoms with Crippen molar-refractivity contribution in [2.24, 2.45) is 0 Å². The van der Waals surface area contributed by atoms with E-state index < -0.39 is 10.0 Å². The van der Waals surface area contributed by atoms with Crippen LogP contribution in [0.3, 0.4) is 0 Å². The number of nitrogens with zero attached hydrogens (tertiary/aromatic N) is 2. The summed E-state index contributed by atoms with van der Waals surface area (Å²) in [7, 11) is -1.74. The molecule has 27 heavy (non-hydrogen) atoms. The lowest BCUT2D eigenvalue weighted by molar-refractivity contribution is -0.883. The molecule has 1 N–H and O–H groups in total. The molecule has 0 bridgehead atoms. The number of amides is 1. The van der Waals surface area contributed by atoms with Gasteiger partial charge in [0.1, 0.15) is 6.54 Å². The number of aryl methyl sites for hydroxylation is 1. The summed E-state index contributed by atoms with van der Waals surface area (Å²) in [5.41, 5.74) is 1.35. The van der Waals surface area contributed by atoms with Crippen LogP contribution in [0.4, 0.5) is 5.69 Å². The zero-order valence-corrected chi connectivity index (χ0v) is 16.6. The average Bonchev–Trinajstić information content (AvgIpc) is 2.68. The summed E-state index contributed by atoms with van der Waals surface area (Å²) >= 11 is 0. The van der Waals surface area contributed by atoms with E-state index in [1.54, 1.807) is 47.4 Å². The second-order valence-corrected chi connectivity index (χ2v) is 8.81. The van der Waals surface area contributed by atoms with Gasteiger partial charge in [-0.15, -0.1) is 0 Å². The quantitative estimate of drug-likeness (QED) is 0.814. The third-order valence-corrected chi connectivity index (χ3v) is 6.74. The molecule has 144 valence electrons. The summed E-state index contributed by atoms with van der Waals surface area (Å²) in [5.74, 6) is -0.162. The van der Waals surface area contributed by atoms with E-state index in [-0.39, 0.29) is 17.3 Å². The molecule has 1 saturated heterocycles. The number of piperazine rings is 1. The van der Waals surface area contributed by atoms with Crippen molar-refractivity contribution in [3.8, 4) is 0 Å². The number of hydrogen-bond acceptors (Lipinski definition) is 3. The Morgan fingerprint density at radius 2 is 1.63 bits per heavy atom. The Morgan fingerprint density at radius 3 is 2.26 bits per heavy atom. The van der Waals surface area contributed by atoms with Gasteiger partial charge in [0.25, 0.3) is 10.0 Å². The minimum atomic E-state index is -3.84. The van der Waals surface area contributed by atoms with Gasteiger partial charge in [-0.05, 0) is 30.7 Å². The number of benzene rings is 2. The zero-order chi connectivity index (χ0) is 19.4. The molecule has 0 atom stereocenters. The molecule has 2 aromatic rings. The van der Waals surface area contributed by atoms with Gasteiger partial charge in [0, 0.05) is 0 Å². The van der Waals surface area contributed by atoms with Gasteiger partial charge < -0.3 is 9.80 Å². The van der Waals surface area contributed by atoms with Crippen LogP contribution in [0.1, 0.15) is 5.56 Å². The fraction of sp³-hybridized carbons (Fsp3) is 0.350. The number of nitrogens with one attached hydrogen (secondary N) is 1. The lowest BCUT2D eigenvalue weighted by Crippen LogP contribution is -3.12. The van der Waals surface area contributed by atoms with Crippen LogP contribution in [0.2, 0.25) is 0 Å². The highest BCUT2D eigenvalue weighted by Gasteiger charge is 2.31. The van der Waals surface area contributed by atoms with Crippen LogP contribution in [0.5, 0.6) is 0 Å². The van der Waals surface area contributed by atoms with Gasteiger partial charge in [0.2, 0.25) is 5.91 Å². The highest BCUT2D eigenvalue weighted by Crippen LogP contribution is 2.26. The average molecular weight is 389 g/mol. The van der Waals surface area contributed by atoms with Gasteiger partial charge in [0.15, 0.2) is 0 Å². The van der Waals surface area contributed by atoms with Gasteiger partial charge in [0.05, 0.1) is 43.8 Å². The zero-order valence-electron chi connectivity index (χ0n) is 15.8. The molecule has 0 spiro atoms. The van der Waals surface area contributed by atoms with Crippen molar-refractivity contribution < 1.29 is 18.1 Å². The smallest absolute Gasteiger partial charge is 0.264 e. The lowest BCUT2D eigenvalue weighted by Gasteiger charge is -2.32. The fourth-order valence-corrected chi connectivity index (χ4v) is 4.72. The van der Waals surface area contributed by atoms with Crippen molar-refractivity contribution in [2.45, 2.75) is 11.8 Å². The third-order valence-electron chi connectivity index (χ3n) is 4.96. The molecule has 2 aromatic carbocycles. The summed E-state index contributed by atoms with van der Waals surface area (Å²) in [5, 5.41) is 0. The molecule has 0 unspecified atom stereocenters. The number of hydrogen-bond donors (Lipinski definition) is 1. The Kier molecular flexibility index (Phi) is 5.82. The van der Waals surface area contributed by atoms with E-state index in [1.165, 1.54) is 9.21 Å². The van der Waals surface area contributed by atoms with Crippen molar-refractivity contribution in [3.05, 3.63) is 60.2 Å². The summed E-state index contributed by atoms with van der Waals surface area (Å²) in [6.07, 6.45) is 0. The molecule has 1 heterocycles. The predicted octanol–water partition coefficient (Wildman–Crippen LogP) is 0.547. The van der Waals surface area contributed by atoms with Gasteiger partial charge in [-0.2, -0.15) is 0 Å². The first kappa shape index (κ1) is 19.4. The van der Waals surface area contributed by atoms with Crippen LogP contribution >= 0.6 is 0 Å². The Labute approximate surface area is 161 Å². The third kappa shape index (κ3) is 4.31. The van der Waals surface area contributed by atoms with Crippen LogP contribution in [-0.4, -0.2) is 59.0 Å². The number of carbonyl (C=O) groups is 1. The highest BCUT2D eigenvalue weighted by molar-refractivity contribution is 7.92. The monoisotopic (exact) mass is 388 g/mol. The molecule has 0 aliphatic carbocycles. The van der Waals surface area contributed by atoms with E-state index in [9.17, 15) is 13.2 Å². The maximum atomic E-state index is 13.3. The SMILES string of the molecule is Cc1ccccc1N(CC(=O)N1CC[NH+](C)CC1)S(=O)(=O)c1ccccc1. The standard InChI is InChI=1S/C20H25N3O3S/c1-17-8-6-7-11-19(17)23(27(25,26)18-9-4-3-5-10-18)16-20(24)22-14-12-21(2)13-15-22/h3-11H,12-16H2,1-2H3/p+1. The highest BCUT2D eigenvalue weighted by atomic mass is 32.2. The van der Waals surface area contributed by atoms with E-state index >= 15 is 0 Å². The van der Waals surface area contributed by atoms with Crippen LogP contribution < -0.4 is 9.21 Å². The molecule has 0 aromatic heterocycles. The van der Waals surface area contributed by atoms with Crippen molar-refractivity contribution in [2.75, 3.05) is 44.1 Å². The first-order valence-corrected chi connectivity index (χ1v) is 10.6. The second kappa shape index (κ2) is 8.10. The summed E-state index contributed by atoms with van der Waals surface area (Å²) in [6, 6.07) is 15.5. The van der Waals surface area contributed by atoms with Crippen LogP contribution in [0.15, 0.2) is 59.5 Å². The molecule has 1 aliphatic rings. The number of sulfonamides is 1. The fourth-order valence-electron chi connectivity index (χ4n) is 3.22. The van der Waals surface area contributed by atoms with Crippen LogP contribution in [-0.2, 0) is 14.8 Å². The molecule has 7 heteroatoms. The summed E-state index contributed by atoms with van der Waals surface area (Å²) in [6.45, 7) is 4.71. The Balaban J connectivity index is 1.94. The van der Waals surface area contributed by atoms with Crippen LogP contribution in [0.25, 0.3) is 0 Å². The maximum absolute atomic E-state index is 13.3. The molecule has 1 aliphatic heterocycles. The van der Waals surface area contributed by atoms with E-state index in [4.69, 9.17) is 0 Å². The van der Waals surface area contributed by atoms with E-state index in [2.05, 4.69) is 7.05 Å². The number of anilines is 1. The molecular formula is C20H26N3O3S+. The van der Waals surface area contributed by atoms with Crippen molar-refractivity contribution in [1.82, 2.24) is 4.90 Å². The van der Waals surface area contributed by atoms with Crippen molar-refractivity contribution in [3.63, 3.8) is 0 Å². The maximum Gasteiger partial charge on any atom is 0.264 e. The molecule has 3 rings (SSSR count). The molecular weight excluding hydrogens is 362 g/mol. The molecule has 1 amide bonds.